The van der Waals surface area contributed by atoms with Crippen molar-refractivity contribution in [3.05, 3.63) is 0 Å². The Labute approximate surface area is 118 Å². The molecule has 19 heavy (non-hydrogen) atoms. The van der Waals surface area contributed by atoms with Crippen LogP contribution in [0.2, 0.25) is 0 Å². The zero-order valence-corrected chi connectivity index (χ0v) is 12.8. The Balaban J connectivity index is 1.58. The average molecular weight is 268 g/mol. The summed E-state index contributed by atoms with van der Waals surface area (Å²) in [6.07, 6.45) is 8.64. The zero-order valence-electron chi connectivity index (χ0n) is 12.8. The van der Waals surface area contributed by atoms with E-state index in [1.807, 2.05) is 0 Å². The number of aliphatic hydroxyl groups excluding tert-OH is 1. The minimum absolute atomic E-state index is 0.0441. The van der Waals surface area contributed by atoms with E-state index in [0.717, 1.165) is 32.5 Å². The van der Waals surface area contributed by atoms with Gasteiger partial charge in [0.2, 0.25) is 0 Å². The second-order valence-corrected chi connectivity index (χ2v) is 7.17. The molecule has 1 unspecified atom stereocenters. The number of piperidine rings is 1. The van der Waals surface area contributed by atoms with Gasteiger partial charge >= 0.3 is 0 Å². The fourth-order valence-corrected chi connectivity index (χ4v) is 3.59. The molecule has 0 spiro atoms. The highest BCUT2D eigenvalue weighted by Crippen LogP contribution is 2.35. The Kier molecular flexibility index (Phi) is 5.67. The molecule has 0 radical (unpaired) electrons. The molecule has 112 valence electrons. The van der Waals surface area contributed by atoms with Crippen LogP contribution in [0, 0.1) is 5.41 Å². The van der Waals surface area contributed by atoms with Gasteiger partial charge in [0.05, 0.1) is 6.10 Å². The fraction of sp³-hybridized carbons (Fsp3) is 1.00. The second kappa shape index (κ2) is 7.05. The molecule has 0 bridgehead atoms. The maximum absolute atomic E-state index is 9.49. The molecule has 1 aliphatic carbocycles. The third-order valence-corrected chi connectivity index (χ3v) is 5.11. The highest BCUT2D eigenvalue weighted by atomic mass is 16.3. The predicted octanol–water partition coefficient (Wildman–Crippen LogP) is 2.39. The number of likely N-dealkylation sites (tertiary alicyclic amines) is 1. The molecule has 1 saturated heterocycles. The molecule has 3 heteroatoms. The van der Waals surface area contributed by atoms with E-state index in [-0.39, 0.29) is 6.10 Å². The molecule has 1 saturated carbocycles. The smallest absolute Gasteiger partial charge is 0.0564 e. The SMILES string of the molecule is CC1(C)CCCCC1NCCCN1CCC(O)CC1. The molecule has 0 amide bonds. The second-order valence-electron chi connectivity index (χ2n) is 7.17. The van der Waals surface area contributed by atoms with Crippen molar-refractivity contribution >= 4 is 0 Å². The monoisotopic (exact) mass is 268 g/mol. The van der Waals surface area contributed by atoms with E-state index in [1.165, 1.54) is 38.6 Å². The Morgan fingerprint density at radius 3 is 2.58 bits per heavy atom. The maximum Gasteiger partial charge on any atom is 0.0564 e. The Morgan fingerprint density at radius 1 is 1.16 bits per heavy atom. The zero-order chi connectivity index (χ0) is 13.7. The first kappa shape index (κ1) is 15.3. The van der Waals surface area contributed by atoms with Crippen molar-refractivity contribution < 1.29 is 5.11 Å². The molecule has 2 fully saturated rings. The van der Waals surface area contributed by atoms with Crippen molar-refractivity contribution in [3.8, 4) is 0 Å². The first-order valence-electron chi connectivity index (χ1n) is 8.22. The molecule has 2 rings (SSSR count). The van der Waals surface area contributed by atoms with Gasteiger partial charge in [-0.3, -0.25) is 0 Å². The van der Waals surface area contributed by atoms with Crippen molar-refractivity contribution in [1.82, 2.24) is 10.2 Å². The highest BCUT2D eigenvalue weighted by molar-refractivity contribution is 4.87. The van der Waals surface area contributed by atoms with E-state index in [2.05, 4.69) is 24.1 Å². The van der Waals surface area contributed by atoms with Gasteiger partial charge in [-0.15, -0.1) is 0 Å². The van der Waals surface area contributed by atoms with Gasteiger partial charge in [0, 0.05) is 19.1 Å². The van der Waals surface area contributed by atoms with Gasteiger partial charge in [0.15, 0.2) is 0 Å². The molecular weight excluding hydrogens is 236 g/mol. The molecule has 2 N–H and O–H groups in total. The topological polar surface area (TPSA) is 35.5 Å². The molecular formula is C16H32N2O. The van der Waals surface area contributed by atoms with E-state index in [9.17, 15) is 5.11 Å². The summed E-state index contributed by atoms with van der Waals surface area (Å²) >= 11 is 0. The Bertz CT molecular complexity index is 259. The van der Waals surface area contributed by atoms with Gasteiger partial charge in [-0.05, 0) is 50.6 Å². The normalized spacial score (nSPS) is 29.5. The van der Waals surface area contributed by atoms with Gasteiger partial charge in [-0.2, -0.15) is 0 Å². The van der Waals surface area contributed by atoms with Crippen LogP contribution in [0.15, 0.2) is 0 Å². The number of hydrogen-bond donors (Lipinski definition) is 2. The number of nitrogens with one attached hydrogen (secondary N) is 1. The number of nitrogens with zero attached hydrogens (tertiary/aromatic N) is 1. The lowest BCUT2D eigenvalue weighted by Crippen LogP contribution is -2.45. The lowest BCUT2D eigenvalue weighted by atomic mass is 9.73. The van der Waals surface area contributed by atoms with Crippen LogP contribution < -0.4 is 5.32 Å². The minimum Gasteiger partial charge on any atom is -0.393 e. The summed E-state index contributed by atoms with van der Waals surface area (Å²) in [5.74, 6) is 0. The standard InChI is InChI=1S/C16H32N2O/c1-16(2)9-4-3-6-15(16)17-10-5-11-18-12-7-14(19)8-13-18/h14-15,17,19H,3-13H2,1-2H3. The molecule has 1 atom stereocenters. The van der Waals surface area contributed by atoms with Gasteiger partial charge in [0.25, 0.3) is 0 Å². The molecule has 1 aliphatic heterocycles. The van der Waals surface area contributed by atoms with E-state index >= 15 is 0 Å². The molecule has 0 aromatic rings. The summed E-state index contributed by atoms with van der Waals surface area (Å²) in [5, 5.41) is 13.3. The maximum atomic E-state index is 9.49. The minimum atomic E-state index is -0.0441. The Morgan fingerprint density at radius 2 is 1.89 bits per heavy atom. The summed E-state index contributed by atoms with van der Waals surface area (Å²) in [5.41, 5.74) is 0.480. The van der Waals surface area contributed by atoms with Crippen LogP contribution in [-0.4, -0.2) is 48.3 Å². The van der Waals surface area contributed by atoms with E-state index in [1.54, 1.807) is 0 Å². The third-order valence-electron chi connectivity index (χ3n) is 5.11. The van der Waals surface area contributed by atoms with Crippen LogP contribution >= 0.6 is 0 Å². The summed E-state index contributed by atoms with van der Waals surface area (Å²) < 4.78 is 0. The summed E-state index contributed by atoms with van der Waals surface area (Å²) in [4.78, 5) is 2.50. The number of rotatable bonds is 5. The van der Waals surface area contributed by atoms with Crippen molar-refractivity contribution in [1.29, 1.82) is 0 Å². The van der Waals surface area contributed by atoms with E-state index < -0.39 is 0 Å². The van der Waals surface area contributed by atoms with Crippen LogP contribution in [0.3, 0.4) is 0 Å². The van der Waals surface area contributed by atoms with Gasteiger partial charge in [-0.25, -0.2) is 0 Å². The quantitative estimate of drug-likeness (QED) is 0.752. The number of hydrogen-bond acceptors (Lipinski definition) is 3. The van der Waals surface area contributed by atoms with Gasteiger partial charge < -0.3 is 15.3 Å². The number of aliphatic hydroxyl groups is 1. The van der Waals surface area contributed by atoms with Crippen molar-refractivity contribution in [2.24, 2.45) is 5.41 Å². The van der Waals surface area contributed by atoms with Crippen LogP contribution in [0.4, 0.5) is 0 Å². The molecule has 1 heterocycles. The van der Waals surface area contributed by atoms with Crippen LogP contribution in [0.25, 0.3) is 0 Å². The molecule has 0 aromatic carbocycles. The summed E-state index contributed by atoms with van der Waals surface area (Å²) in [6.45, 7) is 9.32. The van der Waals surface area contributed by atoms with Gasteiger partial charge in [-0.1, -0.05) is 26.7 Å². The highest BCUT2D eigenvalue weighted by Gasteiger charge is 2.31. The largest absolute Gasteiger partial charge is 0.393 e. The van der Waals surface area contributed by atoms with Crippen molar-refractivity contribution in [2.45, 2.75) is 70.9 Å². The first-order chi connectivity index (χ1) is 9.08. The van der Waals surface area contributed by atoms with Gasteiger partial charge in [0.1, 0.15) is 0 Å². The third kappa shape index (κ3) is 4.73. The molecule has 0 aromatic heterocycles. The average Bonchev–Trinajstić information content (AvgIpc) is 2.38. The summed E-state index contributed by atoms with van der Waals surface area (Å²) in [6, 6.07) is 0.712. The summed E-state index contributed by atoms with van der Waals surface area (Å²) in [7, 11) is 0. The van der Waals surface area contributed by atoms with Crippen molar-refractivity contribution in [2.75, 3.05) is 26.2 Å². The van der Waals surface area contributed by atoms with E-state index in [4.69, 9.17) is 0 Å². The lowest BCUT2D eigenvalue weighted by Gasteiger charge is -2.39. The predicted molar refractivity (Wildman–Crippen MR) is 80.3 cm³/mol. The van der Waals surface area contributed by atoms with Crippen LogP contribution in [-0.2, 0) is 0 Å². The van der Waals surface area contributed by atoms with Crippen LogP contribution in [0.5, 0.6) is 0 Å². The Hall–Kier alpha value is -0.120. The van der Waals surface area contributed by atoms with Crippen molar-refractivity contribution in [3.63, 3.8) is 0 Å². The fourth-order valence-electron chi connectivity index (χ4n) is 3.59. The van der Waals surface area contributed by atoms with E-state index in [0.29, 0.717) is 11.5 Å². The van der Waals surface area contributed by atoms with Crippen LogP contribution in [0.1, 0.15) is 58.8 Å². The molecule has 2 aliphatic rings. The lowest BCUT2D eigenvalue weighted by molar-refractivity contribution is 0.0814. The first-order valence-corrected chi connectivity index (χ1v) is 8.22. The molecule has 3 nitrogen and oxygen atoms in total.